The normalized spacial score (nSPS) is 24.1. The number of halogens is 6. The highest BCUT2D eigenvalue weighted by Gasteiger charge is 2.45. The van der Waals surface area contributed by atoms with Crippen LogP contribution in [0, 0.1) is 5.92 Å². The van der Waals surface area contributed by atoms with E-state index in [9.17, 15) is 26.3 Å². The molecular formula is C10H10F6O. The van der Waals surface area contributed by atoms with Gasteiger partial charge in [-0.3, -0.25) is 0 Å². The van der Waals surface area contributed by atoms with Crippen molar-refractivity contribution < 1.29 is 31.4 Å². The Kier molecular flexibility index (Phi) is 3.61. The lowest BCUT2D eigenvalue weighted by Gasteiger charge is -2.25. The van der Waals surface area contributed by atoms with E-state index >= 15 is 0 Å². The quantitative estimate of drug-likeness (QED) is 0.717. The Bertz CT molecular complexity index is 347. The Morgan fingerprint density at radius 2 is 1.76 bits per heavy atom. The summed E-state index contributed by atoms with van der Waals surface area (Å²) in [5.74, 6) is -2.20. The number of hydrogen-bond acceptors (Lipinski definition) is 1. The van der Waals surface area contributed by atoms with Gasteiger partial charge < -0.3 is 5.11 Å². The van der Waals surface area contributed by atoms with E-state index in [0.29, 0.717) is 12.2 Å². The number of allylic oxidation sites excluding steroid dienone is 2. The van der Waals surface area contributed by atoms with Gasteiger partial charge in [0.05, 0.1) is 12.0 Å². The highest BCUT2D eigenvalue weighted by atomic mass is 19.4. The van der Waals surface area contributed by atoms with Gasteiger partial charge in [-0.1, -0.05) is 6.08 Å². The van der Waals surface area contributed by atoms with Crippen LogP contribution in [-0.4, -0.2) is 23.6 Å². The van der Waals surface area contributed by atoms with Crippen LogP contribution in [0.25, 0.3) is 0 Å². The van der Waals surface area contributed by atoms with Crippen molar-refractivity contribution in [1.82, 2.24) is 0 Å². The molecule has 0 aromatic heterocycles. The first-order valence-electron chi connectivity index (χ1n) is 4.76. The third-order valence-corrected chi connectivity index (χ3v) is 2.44. The number of aliphatic hydroxyl groups excluding tert-OH is 1. The van der Waals surface area contributed by atoms with E-state index in [2.05, 4.69) is 0 Å². The van der Waals surface area contributed by atoms with Crippen LogP contribution in [0.4, 0.5) is 26.3 Å². The molecule has 0 spiro atoms. The first-order valence-corrected chi connectivity index (χ1v) is 4.76. The van der Waals surface area contributed by atoms with Gasteiger partial charge in [-0.25, -0.2) is 0 Å². The molecule has 1 unspecified atom stereocenters. The van der Waals surface area contributed by atoms with Crippen LogP contribution in [-0.2, 0) is 0 Å². The van der Waals surface area contributed by atoms with Crippen molar-refractivity contribution in [3.8, 4) is 0 Å². The van der Waals surface area contributed by atoms with E-state index in [1.54, 1.807) is 0 Å². The summed E-state index contributed by atoms with van der Waals surface area (Å²) in [4.78, 5) is 0. The molecule has 0 aliphatic heterocycles. The fourth-order valence-corrected chi connectivity index (χ4v) is 1.50. The molecule has 0 radical (unpaired) electrons. The molecule has 0 saturated carbocycles. The summed E-state index contributed by atoms with van der Waals surface area (Å²) in [5.41, 5.74) is -1.62. The lowest BCUT2D eigenvalue weighted by molar-refractivity contribution is -0.166. The zero-order chi connectivity index (χ0) is 13.4. The highest BCUT2D eigenvalue weighted by molar-refractivity contribution is 5.34. The predicted octanol–water partition coefficient (Wildman–Crippen LogP) is 3.36. The van der Waals surface area contributed by atoms with E-state index in [-0.39, 0.29) is 5.57 Å². The van der Waals surface area contributed by atoms with Crippen molar-refractivity contribution in [2.75, 3.05) is 0 Å². The van der Waals surface area contributed by atoms with Gasteiger partial charge in [0.1, 0.15) is 0 Å². The molecule has 17 heavy (non-hydrogen) atoms. The van der Waals surface area contributed by atoms with E-state index in [4.69, 9.17) is 5.11 Å². The average molecular weight is 260 g/mol. The van der Waals surface area contributed by atoms with Crippen molar-refractivity contribution in [1.29, 1.82) is 0 Å². The minimum Gasteiger partial charge on any atom is -0.389 e. The Labute approximate surface area is 93.4 Å². The van der Waals surface area contributed by atoms with Crippen LogP contribution in [0.15, 0.2) is 23.3 Å². The summed E-state index contributed by atoms with van der Waals surface area (Å²) in [5, 5.41) is 9.10. The van der Waals surface area contributed by atoms with Crippen molar-refractivity contribution in [3.05, 3.63) is 23.3 Å². The molecule has 0 aromatic rings. The van der Waals surface area contributed by atoms with Crippen LogP contribution in [0.1, 0.15) is 13.3 Å². The van der Waals surface area contributed by atoms with Gasteiger partial charge >= 0.3 is 12.4 Å². The van der Waals surface area contributed by atoms with E-state index in [0.717, 1.165) is 6.92 Å². The number of aliphatic hydroxyl groups is 1. The van der Waals surface area contributed by atoms with Gasteiger partial charge in [0.25, 0.3) is 0 Å². The maximum Gasteiger partial charge on any atom is 0.412 e. The van der Waals surface area contributed by atoms with Crippen molar-refractivity contribution >= 4 is 0 Å². The summed E-state index contributed by atoms with van der Waals surface area (Å²) in [6.07, 6.45) is -10.8. The summed E-state index contributed by atoms with van der Waals surface area (Å²) in [6.45, 7) is 1.12. The summed E-state index contributed by atoms with van der Waals surface area (Å²) in [7, 11) is 0. The molecule has 0 heterocycles. The second kappa shape index (κ2) is 4.36. The van der Waals surface area contributed by atoms with Crippen LogP contribution >= 0.6 is 0 Å². The van der Waals surface area contributed by atoms with Gasteiger partial charge in [-0.15, -0.1) is 0 Å². The summed E-state index contributed by atoms with van der Waals surface area (Å²) >= 11 is 0. The molecule has 1 aliphatic carbocycles. The predicted molar refractivity (Wildman–Crippen MR) is 48.1 cm³/mol. The van der Waals surface area contributed by atoms with Crippen molar-refractivity contribution in [2.45, 2.75) is 31.8 Å². The molecule has 0 bridgehead atoms. The highest BCUT2D eigenvalue weighted by Crippen LogP contribution is 2.41. The SMILES string of the molecule is C[C@H](O)C1=CC(C(F)(F)F)CC(C(F)(F)F)=C1. The first kappa shape index (κ1) is 14.1. The van der Waals surface area contributed by atoms with E-state index in [1.165, 1.54) is 0 Å². The number of rotatable bonds is 1. The maximum absolute atomic E-state index is 12.4. The van der Waals surface area contributed by atoms with Crippen molar-refractivity contribution in [2.24, 2.45) is 5.92 Å². The minimum absolute atomic E-state index is 0.356. The van der Waals surface area contributed by atoms with E-state index < -0.39 is 36.4 Å². The molecule has 1 N–H and O–H groups in total. The zero-order valence-corrected chi connectivity index (χ0v) is 8.73. The minimum atomic E-state index is -4.81. The van der Waals surface area contributed by atoms with Crippen LogP contribution in [0.2, 0.25) is 0 Å². The smallest absolute Gasteiger partial charge is 0.389 e. The number of alkyl halides is 6. The number of hydrogen-bond donors (Lipinski definition) is 1. The standard InChI is InChI=1S/C10H10F6O/c1-5(17)6-2-7(9(11,12)13)4-8(3-6)10(14,15)16/h2-3,5,7,17H,4H2,1H3/t5-,7?/m0/s1. The van der Waals surface area contributed by atoms with Crippen molar-refractivity contribution in [3.63, 3.8) is 0 Å². The Balaban J connectivity index is 3.10. The van der Waals surface area contributed by atoms with Gasteiger partial charge in [-0.05, 0) is 25.0 Å². The Morgan fingerprint density at radius 1 is 1.24 bits per heavy atom. The molecular weight excluding hydrogens is 250 g/mol. The molecule has 0 aromatic carbocycles. The monoisotopic (exact) mass is 260 g/mol. The van der Waals surface area contributed by atoms with E-state index in [1.807, 2.05) is 0 Å². The van der Waals surface area contributed by atoms with Crippen LogP contribution in [0.5, 0.6) is 0 Å². The lowest BCUT2D eigenvalue weighted by Crippen LogP contribution is -2.28. The molecule has 0 fully saturated rings. The summed E-state index contributed by atoms with van der Waals surface area (Å²) < 4.78 is 74.4. The molecule has 1 rings (SSSR count). The molecule has 2 atom stereocenters. The largest absolute Gasteiger partial charge is 0.412 e. The Morgan fingerprint density at radius 3 is 2.12 bits per heavy atom. The molecule has 98 valence electrons. The topological polar surface area (TPSA) is 20.2 Å². The Hall–Kier alpha value is -0.980. The molecule has 1 nitrogen and oxygen atoms in total. The summed E-state index contributed by atoms with van der Waals surface area (Å²) in [6, 6.07) is 0. The van der Waals surface area contributed by atoms with Gasteiger partial charge in [-0.2, -0.15) is 26.3 Å². The van der Waals surface area contributed by atoms with Crippen LogP contribution in [0.3, 0.4) is 0 Å². The maximum atomic E-state index is 12.4. The molecule has 7 heteroatoms. The van der Waals surface area contributed by atoms with Gasteiger partial charge in [0.2, 0.25) is 0 Å². The third-order valence-electron chi connectivity index (χ3n) is 2.44. The average Bonchev–Trinajstić information content (AvgIpc) is 2.14. The molecule has 0 amide bonds. The fraction of sp³-hybridized carbons (Fsp3) is 0.600. The molecule has 1 aliphatic rings. The van der Waals surface area contributed by atoms with Crippen LogP contribution < -0.4 is 0 Å². The third kappa shape index (κ3) is 3.49. The molecule has 0 saturated heterocycles. The second-order valence-corrected chi connectivity index (χ2v) is 3.86. The zero-order valence-electron chi connectivity index (χ0n) is 8.73. The van der Waals surface area contributed by atoms with Gasteiger partial charge in [0, 0.05) is 5.57 Å². The first-order chi connectivity index (χ1) is 7.51. The van der Waals surface area contributed by atoms with Gasteiger partial charge in [0.15, 0.2) is 0 Å². The lowest BCUT2D eigenvalue weighted by atomic mass is 9.88. The fourth-order valence-electron chi connectivity index (χ4n) is 1.50. The second-order valence-electron chi connectivity index (χ2n) is 3.86.